The molecule has 2 saturated heterocycles. The molecule has 1 aromatic carbocycles. The van der Waals surface area contributed by atoms with Crippen molar-refractivity contribution in [3.8, 4) is 0 Å². The van der Waals surface area contributed by atoms with E-state index in [1.54, 1.807) is 0 Å². The van der Waals surface area contributed by atoms with Crippen LogP contribution in [0.5, 0.6) is 0 Å². The van der Waals surface area contributed by atoms with Gasteiger partial charge in [0.15, 0.2) is 0 Å². The lowest BCUT2D eigenvalue weighted by Gasteiger charge is -2.44. The molecule has 0 unspecified atom stereocenters. The molecule has 0 aliphatic carbocycles. The molecule has 2 heterocycles. The van der Waals surface area contributed by atoms with E-state index in [9.17, 15) is 22.0 Å². The first kappa shape index (κ1) is 20.9. The Morgan fingerprint density at radius 1 is 1.25 bits per heavy atom. The average Bonchev–Trinajstić information content (AvgIpc) is 2.85. The molecule has 28 heavy (non-hydrogen) atoms. The van der Waals surface area contributed by atoms with Gasteiger partial charge in [-0.2, -0.15) is 4.31 Å². The van der Waals surface area contributed by atoms with Gasteiger partial charge < -0.3 is 10.2 Å². The minimum Gasteiger partial charge on any atom is -0.378 e. The second-order valence-electron chi connectivity index (χ2n) is 7.76. The number of likely N-dealkylation sites (tertiary alicyclic amines) is 1. The van der Waals surface area contributed by atoms with Crippen molar-refractivity contribution in [2.45, 2.75) is 31.0 Å². The molecule has 1 amide bonds. The van der Waals surface area contributed by atoms with Gasteiger partial charge in [-0.1, -0.05) is 12.1 Å². The summed E-state index contributed by atoms with van der Waals surface area (Å²) in [6.45, 7) is 0.0167. The van der Waals surface area contributed by atoms with Gasteiger partial charge in [0.1, 0.15) is 0 Å². The largest absolute Gasteiger partial charge is 0.378 e. The van der Waals surface area contributed by atoms with Gasteiger partial charge in [0.2, 0.25) is 15.9 Å². The predicted molar refractivity (Wildman–Crippen MR) is 103 cm³/mol. The third kappa shape index (κ3) is 4.61. The molecule has 0 saturated carbocycles. The summed E-state index contributed by atoms with van der Waals surface area (Å²) >= 11 is 0. The van der Waals surface area contributed by atoms with Crippen LogP contribution >= 0.6 is 0 Å². The highest BCUT2D eigenvalue weighted by Gasteiger charge is 2.52. The van der Waals surface area contributed by atoms with Crippen LogP contribution < -0.4 is 10.2 Å². The van der Waals surface area contributed by atoms with Gasteiger partial charge in [0, 0.05) is 51.9 Å². The molecule has 0 radical (unpaired) electrons. The maximum Gasteiger partial charge on any atom is 0.262 e. The summed E-state index contributed by atoms with van der Waals surface area (Å²) < 4.78 is 52.2. The Hall–Kier alpha value is -1.78. The highest BCUT2D eigenvalue weighted by molar-refractivity contribution is 7.88. The summed E-state index contributed by atoms with van der Waals surface area (Å²) in [5.41, 5.74) is 1.90. The Morgan fingerprint density at radius 2 is 1.86 bits per heavy atom. The van der Waals surface area contributed by atoms with Crippen LogP contribution in [-0.4, -0.2) is 81.5 Å². The molecule has 2 aliphatic heterocycles. The molecule has 0 spiro atoms. The number of benzene rings is 1. The maximum atomic E-state index is 14.0. The molecule has 2 fully saturated rings. The van der Waals surface area contributed by atoms with E-state index in [1.807, 2.05) is 43.3 Å². The quantitative estimate of drug-likeness (QED) is 0.740. The molecule has 7 nitrogen and oxygen atoms in total. The number of nitrogens with one attached hydrogen (secondary N) is 1. The smallest absolute Gasteiger partial charge is 0.262 e. The number of halogens is 2. The molecule has 10 heteroatoms. The molecule has 1 N–H and O–H groups in total. The number of nitrogens with zero attached hydrogens (tertiary/aromatic N) is 3. The van der Waals surface area contributed by atoms with Crippen LogP contribution in [-0.2, 0) is 21.4 Å². The van der Waals surface area contributed by atoms with Crippen molar-refractivity contribution >= 4 is 21.6 Å². The number of amides is 1. The molecule has 156 valence electrons. The Labute approximate surface area is 164 Å². The Balaban J connectivity index is 1.60. The number of hydrogen-bond acceptors (Lipinski definition) is 5. The number of hydrogen-bond donors (Lipinski definition) is 1. The molecule has 1 aromatic rings. The summed E-state index contributed by atoms with van der Waals surface area (Å²) in [5, 5.41) is 2.74. The fourth-order valence-corrected chi connectivity index (χ4v) is 4.47. The monoisotopic (exact) mass is 416 g/mol. The zero-order valence-corrected chi connectivity index (χ0v) is 17.0. The Morgan fingerprint density at radius 3 is 2.39 bits per heavy atom. The SMILES string of the molecule is CN(C)c1ccc(CNC(=O)[C@@H]2CC(F)(F)CN2C2CN(S(C)(=O)=O)C2)cc1. The highest BCUT2D eigenvalue weighted by atomic mass is 32.2. The summed E-state index contributed by atoms with van der Waals surface area (Å²) in [6, 6.07) is 6.29. The summed E-state index contributed by atoms with van der Waals surface area (Å²) in [7, 11) is 0.519. The van der Waals surface area contributed by atoms with Gasteiger partial charge in [-0.15, -0.1) is 0 Å². The normalized spacial score (nSPS) is 23.4. The Bertz CT molecular complexity index is 824. The number of carbonyl (C=O) groups excluding carboxylic acids is 1. The first-order chi connectivity index (χ1) is 13.0. The maximum absolute atomic E-state index is 14.0. The lowest BCUT2D eigenvalue weighted by Crippen LogP contribution is -2.63. The van der Waals surface area contributed by atoms with Crippen LogP contribution in [0, 0.1) is 0 Å². The van der Waals surface area contributed by atoms with Crippen molar-refractivity contribution < 1.29 is 22.0 Å². The van der Waals surface area contributed by atoms with E-state index in [4.69, 9.17) is 0 Å². The predicted octanol–water partition coefficient (Wildman–Crippen LogP) is 0.722. The van der Waals surface area contributed by atoms with E-state index < -0.39 is 40.9 Å². The van der Waals surface area contributed by atoms with E-state index in [0.717, 1.165) is 17.5 Å². The molecular formula is C18H26F2N4O3S. The molecule has 2 aliphatic rings. The van der Waals surface area contributed by atoms with Gasteiger partial charge in [-0.3, -0.25) is 9.69 Å². The first-order valence-corrected chi connectivity index (χ1v) is 10.9. The van der Waals surface area contributed by atoms with Crippen LogP contribution in [0.1, 0.15) is 12.0 Å². The van der Waals surface area contributed by atoms with Crippen molar-refractivity contribution in [1.82, 2.24) is 14.5 Å². The van der Waals surface area contributed by atoms with Crippen LogP contribution in [0.4, 0.5) is 14.5 Å². The molecule has 0 bridgehead atoms. The zero-order chi connectivity index (χ0) is 20.7. The molecular weight excluding hydrogens is 390 g/mol. The van der Waals surface area contributed by atoms with Gasteiger partial charge in [0.05, 0.1) is 18.8 Å². The third-order valence-corrected chi connectivity index (χ3v) is 6.53. The fraction of sp³-hybridized carbons (Fsp3) is 0.611. The summed E-state index contributed by atoms with van der Waals surface area (Å²) in [4.78, 5) is 16.0. The van der Waals surface area contributed by atoms with Crippen LogP contribution in [0.3, 0.4) is 0 Å². The molecule has 3 rings (SSSR count). The van der Waals surface area contributed by atoms with Crippen molar-refractivity contribution in [2.75, 3.05) is 44.9 Å². The Kier molecular flexibility index (Phi) is 5.66. The van der Waals surface area contributed by atoms with Gasteiger partial charge in [-0.05, 0) is 17.7 Å². The van der Waals surface area contributed by atoms with Crippen molar-refractivity contribution in [3.63, 3.8) is 0 Å². The van der Waals surface area contributed by atoms with Gasteiger partial charge >= 0.3 is 0 Å². The van der Waals surface area contributed by atoms with E-state index in [-0.39, 0.29) is 25.7 Å². The van der Waals surface area contributed by atoms with Crippen molar-refractivity contribution in [1.29, 1.82) is 0 Å². The number of sulfonamides is 1. The van der Waals surface area contributed by atoms with Crippen LogP contribution in [0.2, 0.25) is 0 Å². The molecule has 0 aromatic heterocycles. The topological polar surface area (TPSA) is 73.0 Å². The standard InChI is InChI=1S/C18H26F2N4O3S/c1-22(2)14-6-4-13(5-7-14)9-21-17(25)16-8-18(19,20)12-24(16)15-10-23(11-15)28(3,26)27/h4-7,15-16H,8-12H2,1-3H3,(H,21,25)/t16-/m0/s1. The molecule has 1 atom stereocenters. The van der Waals surface area contributed by atoms with Crippen molar-refractivity contribution in [2.24, 2.45) is 0 Å². The number of alkyl halides is 2. The number of rotatable bonds is 6. The lowest BCUT2D eigenvalue weighted by molar-refractivity contribution is -0.127. The van der Waals surface area contributed by atoms with E-state index >= 15 is 0 Å². The minimum atomic E-state index is -3.34. The summed E-state index contributed by atoms with van der Waals surface area (Å²) in [5.74, 6) is -3.41. The lowest BCUT2D eigenvalue weighted by atomic mass is 10.1. The summed E-state index contributed by atoms with van der Waals surface area (Å²) in [6.07, 6.45) is 0.543. The first-order valence-electron chi connectivity index (χ1n) is 9.09. The minimum absolute atomic E-state index is 0.144. The van der Waals surface area contributed by atoms with E-state index in [2.05, 4.69) is 5.32 Å². The van der Waals surface area contributed by atoms with Gasteiger partial charge in [-0.25, -0.2) is 17.2 Å². The third-order valence-electron chi connectivity index (χ3n) is 5.30. The van der Waals surface area contributed by atoms with Gasteiger partial charge in [0.25, 0.3) is 5.92 Å². The fourth-order valence-electron chi connectivity index (χ4n) is 3.58. The number of anilines is 1. The van der Waals surface area contributed by atoms with Crippen LogP contribution in [0.25, 0.3) is 0 Å². The van der Waals surface area contributed by atoms with Crippen molar-refractivity contribution in [3.05, 3.63) is 29.8 Å². The second-order valence-corrected chi connectivity index (χ2v) is 9.74. The van der Waals surface area contributed by atoms with E-state index in [0.29, 0.717) is 0 Å². The zero-order valence-electron chi connectivity index (χ0n) is 16.2. The van der Waals surface area contributed by atoms with E-state index in [1.165, 1.54) is 9.21 Å². The van der Waals surface area contributed by atoms with Crippen LogP contribution in [0.15, 0.2) is 24.3 Å². The highest BCUT2D eigenvalue weighted by Crippen LogP contribution is 2.36. The second kappa shape index (κ2) is 7.57. The number of carbonyl (C=O) groups is 1. The average molecular weight is 416 g/mol.